The average molecular weight is 493 g/mol. The van der Waals surface area contributed by atoms with E-state index in [1.54, 1.807) is 25.1 Å². The molecule has 0 radical (unpaired) electrons. The number of alkyl halides is 3. The van der Waals surface area contributed by atoms with Crippen molar-refractivity contribution in [2.24, 2.45) is 0 Å². The molecule has 12 heteroatoms. The SMILES string of the molecule is CCN(Cc1ccc2c(c1)OCO2)C(=O)CCNS(=O)(=O)c1ccc(Cl)c(C(F)(F)F)c1. The van der Waals surface area contributed by atoms with E-state index in [-0.39, 0.29) is 32.2 Å². The van der Waals surface area contributed by atoms with Crippen LogP contribution in [-0.4, -0.2) is 39.1 Å². The van der Waals surface area contributed by atoms with Crippen LogP contribution in [0.15, 0.2) is 41.3 Å². The van der Waals surface area contributed by atoms with Gasteiger partial charge in [-0.2, -0.15) is 13.2 Å². The molecule has 2 aromatic rings. The quantitative estimate of drug-likeness (QED) is 0.606. The van der Waals surface area contributed by atoms with Crippen molar-refractivity contribution in [1.29, 1.82) is 0 Å². The Morgan fingerprint density at radius 3 is 2.56 bits per heavy atom. The topological polar surface area (TPSA) is 84.9 Å². The minimum absolute atomic E-state index is 0.132. The molecule has 0 unspecified atom stereocenters. The maximum atomic E-state index is 13.0. The van der Waals surface area contributed by atoms with Gasteiger partial charge < -0.3 is 14.4 Å². The van der Waals surface area contributed by atoms with Crippen LogP contribution in [0, 0.1) is 0 Å². The van der Waals surface area contributed by atoms with E-state index in [0.717, 1.165) is 17.7 Å². The Labute approximate surface area is 188 Å². The number of ether oxygens (including phenoxy) is 2. The van der Waals surface area contributed by atoms with Crippen molar-refractivity contribution < 1.29 is 35.9 Å². The lowest BCUT2D eigenvalue weighted by Crippen LogP contribution is -2.34. The van der Waals surface area contributed by atoms with Crippen molar-refractivity contribution in [3.8, 4) is 11.5 Å². The third-order valence-electron chi connectivity index (χ3n) is 4.73. The van der Waals surface area contributed by atoms with Gasteiger partial charge in [0.15, 0.2) is 11.5 Å². The first-order valence-corrected chi connectivity index (χ1v) is 11.4. The van der Waals surface area contributed by atoms with Gasteiger partial charge in [0.25, 0.3) is 0 Å². The third kappa shape index (κ3) is 5.64. The molecule has 32 heavy (non-hydrogen) atoms. The van der Waals surface area contributed by atoms with Crippen LogP contribution in [0.2, 0.25) is 5.02 Å². The van der Waals surface area contributed by atoms with Crippen LogP contribution in [-0.2, 0) is 27.5 Å². The van der Waals surface area contributed by atoms with Crippen LogP contribution in [0.25, 0.3) is 0 Å². The first-order valence-electron chi connectivity index (χ1n) is 9.54. The Kier molecular flexibility index (Phi) is 7.21. The summed E-state index contributed by atoms with van der Waals surface area (Å²) in [7, 11) is -4.26. The molecule has 0 saturated heterocycles. The highest BCUT2D eigenvalue weighted by Gasteiger charge is 2.34. The molecule has 0 saturated carbocycles. The summed E-state index contributed by atoms with van der Waals surface area (Å²) >= 11 is 5.53. The van der Waals surface area contributed by atoms with Gasteiger partial charge in [0.1, 0.15) is 0 Å². The van der Waals surface area contributed by atoms with E-state index in [1.807, 2.05) is 0 Å². The summed E-state index contributed by atoms with van der Waals surface area (Å²) in [6.45, 7) is 2.30. The lowest BCUT2D eigenvalue weighted by Gasteiger charge is -2.21. The second-order valence-corrected chi connectivity index (χ2v) is 9.06. The van der Waals surface area contributed by atoms with Gasteiger partial charge in [0.05, 0.1) is 15.5 Å². The summed E-state index contributed by atoms with van der Waals surface area (Å²) in [4.78, 5) is 13.5. The fourth-order valence-corrected chi connectivity index (χ4v) is 4.34. The molecule has 2 aromatic carbocycles. The van der Waals surface area contributed by atoms with Gasteiger partial charge >= 0.3 is 6.18 Å². The van der Waals surface area contributed by atoms with Crippen LogP contribution < -0.4 is 14.2 Å². The predicted molar refractivity (Wildman–Crippen MR) is 110 cm³/mol. The number of benzene rings is 2. The highest BCUT2D eigenvalue weighted by Crippen LogP contribution is 2.36. The second-order valence-electron chi connectivity index (χ2n) is 6.88. The molecule has 1 N–H and O–H groups in total. The number of rotatable bonds is 8. The smallest absolute Gasteiger partial charge is 0.417 e. The number of hydrogen-bond acceptors (Lipinski definition) is 5. The molecule has 7 nitrogen and oxygen atoms in total. The summed E-state index contributed by atoms with van der Waals surface area (Å²) in [5.74, 6) is 0.883. The first-order chi connectivity index (χ1) is 15.0. The highest BCUT2D eigenvalue weighted by atomic mass is 35.5. The van der Waals surface area contributed by atoms with Gasteiger partial charge in [-0.25, -0.2) is 13.1 Å². The number of hydrogen-bond donors (Lipinski definition) is 1. The standard InChI is InChI=1S/C20H20ClF3N2O5S/c1-2-26(11-13-3-6-17-18(9-13)31-12-30-17)19(27)7-8-25-32(28,29)14-4-5-16(21)15(10-14)20(22,23)24/h3-6,9-10,25H,2,7-8,11-12H2,1H3. The van der Waals surface area contributed by atoms with Crippen molar-refractivity contribution >= 4 is 27.5 Å². The van der Waals surface area contributed by atoms with Gasteiger partial charge in [-0.15, -0.1) is 0 Å². The number of carbonyl (C=O) groups is 1. The minimum Gasteiger partial charge on any atom is -0.454 e. The predicted octanol–water partition coefficient (Wildman–Crippen LogP) is 3.80. The number of carbonyl (C=O) groups excluding carboxylic acids is 1. The van der Waals surface area contributed by atoms with Gasteiger partial charge in [-0.1, -0.05) is 17.7 Å². The number of fused-ring (bicyclic) bond motifs is 1. The summed E-state index contributed by atoms with van der Waals surface area (Å²) in [5, 5.41) is -0.603. The molecule has 0 aliphatic carbocycles. The summed E-state index contributed by atoms with van der Waals surface area (Å²) < 4.78 is 76.4. The fraction of sp³-hybridized carbons (Fsp3) is 0.350. The molecule has 0 fully saturated rings. The Bertz CT molecular complexity index is 1110. The lowest BCUT2D eigenvalue weighted by atomic mass is 10.2. The van der Waals surface area contributed by atoms with Gasteiger partial charge in [0, 0.05) is 26.1 Å². The van der Waals surface area contributed by atoms with Crippen molar-refractivity contribution in [2.75, 3.05) is 19.9 Å². The van der Waals surface area contributed by atoms with E-state index < -0.39 is 31.7 Å². The van der Waals surface area contributed by atoms with E-state index >= 15 is 0 Å². The van der Waals surface area contributed by atoms with Gasteiger partial charge in [-0.3, -0.25) is 4.79 Å². The van der Waals surface area contributed by atoms with Crippen LogP contribution in [0.1, 0.15) is 24.5 Å². The number of amides is 1. The highest BCUT2D eigenvalue weighted by molar-refractivity contribution is 7.89. The Morgan fingerprint density at radius 1 is 1.16 bits per heavy atom. The molecule has 3 rings (SSSR count). The second kappa shape index (κ2) is 9.55. The number of nitrogens with zero attached hydrogens (tertiary/aromatic N) is 1. The largest absolute Gasteiger partial charge is 0.454 e. The summed E-state index contributed by atoms with van der Waals surface area (Å²) in [5.41, 5.74) is -0.440. The van der Waals surface area contributed by atoms with Crippen molar-refractivity contribution in [2.45, 2.75) is 31.0 Å². The minimum atomic E-state index is -4.80. The number of nitrogens with one attached hydrogen (secondary N) is 1. The summed E-state index contributed by atoms with van der Waals surface area (Å²) in [6.07, 6.45) is -4.97. The van der Waals surface area contributed by atoms with Gasteiger partial charge in [0.2, 0.25) is 22.7 Å². The van der Waals surface area contributed by atoms with Gasteiger partial charge in [-0.05, 0) is 42.8 Å². The molecule has 1 aliphatic rings. The molecule has 174 valence electrons. The molecule has 0 atom stereocenters. The van der Waals surface area contributed by atoms with E-state index in [1.165, 1.54) is 4.90 Å². The van der Waals surface area contributed by atoms with Crippen LogP contribution in [0.5, 0.6) is 11.5 Å². The monoisotopic (exact) mass is 492 g/mol. The zero-order valence-electron chi connectivity index (χ0n) is 16.9. The van der Waals surface area contributed by atoms with E-state index in [4.69, 9.17) is 21.1 Å². The van der Waals surface area contributed by atoms with Crippen LogP contribution in [0.3, 0.4) is 0 Å². The molecular weight excluding hydrogens is 473 g/mol. The van der Waals surface area contributed by atoms with Crippen molar-refractivity contribution in [1.82, 2.24) is 9.62 Å². The fourth-order valence-electron chi connectivity index (χ4n) is 3.06. The summed E-state index contributed by atoms with van der Waals surface area (Å²) in [6, 6.07) is 7.61. The lowest BCUT2D eigenvalue weighted by molar-refractivity contribution is -0.137. The molecule has 0 bridgehead atoms. The van der Waals surface area contributed by atoms with E-state index in [0.29, 0.717) is 24.1 Å². The normalized spacial score (nSPS) is 13.3. The number of sulfonamides is 1. The zero-order chi connectivity index (χ0) is 23.5. The number of halogens is 4. The maximum absolute atomic E-state index is 13.0. The Hall–Kier alpha value is -2.50. The maximum Gasteiger partial charge on any atom is 0.417 e. The molecule has 1 aliphatic heterocycles. The molecular formula is C20H20ClF3N2O5S. The van der Waals surface area contributed by atoms with Crippen LogP contribution in [0.4, 0.5) is 13.2 Å². The third-order valence-corrected chi connectivity index (χ3v) is 6.52. The van der Waals surface area contributed by atoms with Crippen molar-refractivity contribution in [3.05, 3.63) is 52.5 Å². The molecule has 1 amide bonds. The zero-order valence-corrected chi connectivity index (χ0v) is 18.5. The molecule has 1 heterocycles. The molecule has 0 spiro atoms. The Balaban J connectivity index is 1.60. The van der Waals surface area contributed by atoms with E-state index in [2.05, 4.69) is 4.72 Å². The van der Waals surface area contributed by atoms with E-state index in [9.17, 15) is 26.4 Å². The average Bonchev–Trinajstić information content (AvgIpc) is 3.19. The van der Waals surface area contributed by atoms with Crippen molar-refractivity contribution in [3.63, 3.8) is 0 Å². The molecule has 0 aromatic heterocycles. The Morgan fingerprint density at radius 2 is 1.88 bits per heavy atom. The first kappa shape index (κ1) is 24.1. The van der Waals surface area contributed by atoms with Crippen LogP contribution >= 0.6 is 11.6 Å².